The third kappa shape index (κ3) is 3.41. The number of aryl methyl sites for hydroxylation is 2. The van der Waals surface area contributed by atoms with Crippen molar-refractivity contribution in [2.45, 2.75) is 12.8 Å². The van der Waals surface area contributed by atoms with Crippen LogP contribution in [0.5, 0.6) is 11.6 Å². The predicted octanol–water partition coefficient (Wildman–Crippen LogP) is 5.46. The van der Waals surface area contributed by atoms with Crippen LogP contribution in [0.3, 0.4) is 0 Å². The molecule has 0 radical (unpaired) electrons. The molecule has 0 atom stereocenters. The Morgan fingerprint density at radius 1 is 0.923 bits per heavy atom. The first-order valence-corrected chi connectivity index (χ1v) is 9.35. The maximum atomic E-state index is 10.2. The van der Waals surface area contributed by atoms with Gasteiger partial charge >= 0.3 is 0 Å². The minimum absolute atomic E-state index is 0.152. The summed E-state index contributed by atoms with van der Waals surface area (Å²) in [7, 11) is 1.68. The number of fused-ring (bicyclic) bond motifs is 1. The van der Waals surface area contributed by atoms with E-state index in [2.05, 4.69) is 29.2 Å². The number of nitrogens with zero attached hydrogens (tertiary/aromatic N) is 1. The Kier molecular flexibility index (Phi) is 4.59. The second kappa shape index (κ2) is 7.18. The molecule has 1 heterocycles. The zero-order valence-corrected chi connectivity index (χ0v) is 15.3. The molecule has 0 saturated heterocycles. The third-order valence-electron chi connectivity index (χ3n) is 4.45. The average molecular weight is 361 g/mol. The molecule has 3 aromatic carbocycles. The van der Waals surface area contributed by atoms with Crippen LogP contribution >= 0.6 is 11.3 Å². The molecule has 0 unspecified atom stereocenters. The maximum Gasteiger partial charge on any atom is 0.225 e. The van der Waals surface area contributed by atoms with Crippen molar-refractivity contribution in [3.63, 3.8) is 0 Å². The molecule has 0 spiro atoms. The van der Waals surface area contributed by atoms with Crippen molar-refractivity contribution < 1.29 is 9.84 Å². The largest absolute Gasteiger partial charge is 0.497 e. The van der Waals surface area contributed by atoms with Gasteiger partial charge in [-0.25, -0.2) is 4.98 Å². The summed E-state index contributed by atoms with van der Waals surface area (Å²) in [5.41, 5.74) is 2.29. The number of aromatic nitrogens is 1. The molecule has 0 aliphatic carbocycles. The van der Waals surface area contributed by atoms with Crippen LogP contribution in [0, 0.1) is 0 Å². The van der Waals surface area contributed by atoms with Gasteiger partial charge in [0.25, 0.3) is 0 Å². The second-order valence-corrected chi connectivity index (χ2v) is 7.26. The molecule has 4 heteroatoms. The van der Waals surface area contributed by atoms with E-state index in [4.69, 9.17) is 4.74 Å². The highest BCUT2D eigenvalue weighted by atomic mass is 32.1. The van der Waals surface area contributed by atoms with Gasteiger partial charge in [-0.3, -0.25) is 0 Å². The molecule has 0 aliphatic heterocycles. The van der Waals surface area contributed by atoms with Crippen molar-refractivity contribution in [3.05, 3.63) is 77.2 Å². The smallest absolute Gasteiger partial charge is 0.225 e. The lowest BCUT2D eigenvalue weighted by molar-refractivity contribution is 0.415. The normalized spacial score (nSPS) is 11.0. The lowest BCUT2D eigenvalue weighted by atomic mass is 10.0. The molecule has 26 heavy (non-hydrogen) atoms. The summed E-state index contributed by atoms with van der Waals surface area (Å²) in [6.45, 7) is 0. The Bertz CT molecular complexity index is 1040. The molecule has 1 N–H and O–H groups in total. The van der Waals surface area contributed by atoms with Gasteiger partial charge in [0, 0.05) is 5.56 Å². The molecule has 4 rings (SSSR count). The van der Waals surface area contributed by atoms with Gasteiger partial charge in [0.05, 0.1) is 12.0 Å². The van der Waals surface area contributed by atoms with Crippen LogP contribution in [0.25, 0.3) is 21.3 Å². The fraction of sp³-hybridized carbons (Fsp3) is 0.136. The van der Waals surface area contributed by atoms with Gasteiger partial charge in [-0.05, 0) is 41.3 Å². The standard InChI is InChI=1S/C22H19NO2S/c1-25-19-11-10-17-13-15(7-9-18(17)14-19)8-12-20-21(24)23-22(26-20)16-5-3-2-4-6-16/h2-7,9-11,13-14,24H,8,12H2,1H3. The molecule has 0 saturated carbocycles. The number of thiazole rings is 1. The highest BCUT2D eigenvalue weighted by molar-refractivity contribution is 7.15. The Morgan fingerprint density at radius 2 is 1.69 bits per heavy atom. The Morgan fingerprint density at radius 3 is 2.50 bits per heavy atom. The molecule has 130 valence electrons. The van der Waals surface area contributed by atoms with E-state index < -0.39 is 0 Å². The summed E-state index contributed by atoms with van der Waals surface area (Å²) in [5.74, 6) is 1.02. The maximum absolute atomic E-state index is 10.2. The van der Waals surface area contributed by atoms with Crippen molar-refractivity contribution in [2.24, 2.45) is 0 Å². The van der Waals surface area contributed by atoms with Crippen LogP contribution in [0.2, 0.25) is 0 Å². The van der Waals surface area contributed by atoms with Gasteiger partial charge in [0.1, 0.15) is 10.8 Å². The van der Waals surface area contributed by atoms with Crippen LogP contribution in [0.1, 0.15) is 10.4 Å². The van der Waals surface area contributed by atoms with Crippen LogP contribution < -0.4 is 4.74 Å². The minimum atomic E-state index is 0.152. The van der Waals surface area contributed by atoms with Gasteiger partial charge in [-0.2, -0.15) is 0 Å². The predicted molar refractivity (Wildman–Crippen MR) is 107 cm³/mol. The van der Waals surface area contributed by atoms with E-state index in [1.54, 1.807) is 18.4 Å². The molecule has 0 bridgehead atoms. The van der Waals surface area contributed by atoms with Crippen molar-refractivity contribution in [2.75, 3.05) is 7.11 Å². The summed E-state index contributed by atoms with van der Waals surface area (Å²) >= 11 is 1.56. The first kappa shape index (κ1) is 16.6. The molecule has 0 amide bonds. The SMILES string of the molecule is COc1ccc2cc(CCc3sc(-c4ccccc4)nc3O)ccc2c1. The van der Waals surface area contributed by atoms with Crippen LogP contribution in [0.4, 0.5) is 0 Å². The number of benzene rings is 3. The number of rotatable bonds is 5. The van der Waals surface area contributed by atoms with Gasteiger partial charge in [-0.15, -0.1) is 11.3 Å². The molecule has 0 aliphatic rings. The van der Waals surface area contributed by atoms with Gasteiger partial charge in [-0.1, -0.05) is 54.6 Å². The highest BCUT2D eigenvalue weighted by Crippen LogP contribution is 2.32. The van der Waals surface area contributed by atoms with E-state index in [-0.39, 0.29) is 5.88 Å². The Labute approximate surface area is 156 Å². The van der Waals surface area contributed by atoms with Crippen molar-refractivity contribution in [1.29, 1.82) is 0 Å². The first-order chi connectivity index (χ1) is 12.7. The molecule has 3 nitrogen and oxygen atoms in total. The van der Waals surface area contributed by atoms with E-state index >= 15 is 0 Å². The Hall–Kier alpha value is -2.85. The first-order valence-electron chi connectivity index (χ1n) is 8.54. The lowest BCUT2D eigenvalue weighted by Gasteiger charge is -2.05. The number of ether oxygens (including phenoxy) is 1. The third-order valence-corrected chi connectivity index (χ3v) is 5.60. The Balaban J connectivity index is 1.52. The van der Waals surface area contributed by atoms with E-state index in [0.717, 1.165) is 34.0 Å². The van der Waals surface area contributed by atoms with Crippen molar-refractivity contribution in [3.8, 4) is 22.2 Å². The van der Waals surface area contributed by atoms with Gasteiger partial charge in [0.15, 0.2) is 0 Å². The van der Waals surface area contributed by atoms with Crippen molar-refractivity contribution >= 4 is 22.1 Å². The molecular formula is C22H19NO2S. The quantitative estimate of drug-likeness (QED) is 0.513. The number of hydrogen-bond acceptors (Lipinski definition) is 4. The summed E-state index contributed by atoms with van der Waals surface area (Å²) in [6.07, 6.45) is 1.64. The zero-order valence-electron chi connectivity index (χ0n) is 14.5. The number of methoxy groups -OCH3 is 1. The van der Waals surface area contributed by atoms with Crippen molar-refractivity contribution in [1.82, 2.24) is 4.98 Å². The van der Waals surface area contributed by atoms with E-state index in [9.17, 15) is 5.11 Å². The molecule has 1 aromatic heterocycles. The summed E-state index contributed by atoms with van der Waals surface area (Å²) in [5, 5.41) is 13.4. The zero-order chi connectivity index (χ0) is 17.9. The second-order valence-electron chi connectivity index (χ2n) is 6.18. The average Bonchev–Trinajstić information content (AvgIpc) is 3.07. The fourth-order valence-electron chi connectivity index (χ4n) is 3.02. The van der Waals surface area contributed by atoms with Crippen LogP contribution in [-0.2, 0) is 12.8 Å². The lowest BCUT2D eigenvalue weighted by Crippen LogP contribution is -1.90. The summed E-state index contributed by atoms with van der Waals surface area (Å²) in [4.78, 5) is 5.25. The van der Waals surface area contributed by atoms with Gasteiger partial charge in [0.2, 0.25) is 5.88 Å². The van der Waals surface area contributed by atoms with Gasteiger partial charge < -0.3 is 9.84 Å². The number of aromatic hydroxyl groups is 1. The molecular weight excluding hydrogens is 342 g/mol. The summed E-state index contributed by atoms with van der Waals surface area (Å²) < 4.78 is 5.28. The highest BCUT2D eigenvalue weighted by Gasteiger charge is 2.11. The summed E-state index contributed by atoms with van der Waals surface area (Å²) in [6, 6.07) is 22.5. The van der Waals surface area contributed by atoms with E-state index in [1.807, 2.05) is 42.5 Å². The fourth-order valence-corrected chi connectivity index (χ4v) is 3.98. The topological polar surface area (TPSA) is 42.4 Å². The molecule has 4 aromatic rings. The monoisotopic (exact) mass is 361 g/mol. The van der Waals surface area contributed by atoms with E-state index in [1.165, 1.54) is 16.3 Å². The van der Waals surface area contributed by atoms with E-state index in [0.29, 0.717) is 0 Å². The molecule has 0 fully saturated rings. The number of hydrogen-bond donors (Lipinski definition) is 1. The van der Waals surface area contributed by atoms with Crippen LogP contribution in [-0.4, -0.2) is 17.2 Å². The van der Waals surface area contributed by atoms with Crippen LogP contribution in [0.15, 0.2) is 66.7 Å². The minimum Gasteiger partial charge on any atom is -0.497 e.